The van der Waals surface area contributed by atoms with Gasteiger partial charge in [-0.05, 0) is 61.4 Å². The van der Waals surface area contributed by atoms with E-state index in [1.165, 1.54) is 11.1 Å². The third-order valence-corrected chi connectivity index (χ3v) is 9.11. The molecule has 1 aliphatic carbocycles. The molecule has 1 unspecified atom stereocenters. The molecule has 1 amide bonds. The topological polar surface area (TPSA) is 138 Å². The summed E-state index contributed by atoms with van der Waals surface area (Å²) in [4.78, 5) is 46.7. The molecule has 1 N–H and O–H groups in total. The first-order valence-corrected chi connectivity index (χ1v) is 14.5. The Morgan fingerprint density at radius 3 is 2.74 bits per heavy atom. The predicted octanol–water partition coefficient (Wildman–Crippen LogP) is 4.21. The third-order valence-electron chi connectivity index (χ3n) is 7.68. The van der Waals surface area contributed by atoms with Crippen molar-refractivity contribution in [3.8, 4) is 6.07 Å². The van der Waals surface area contributed by atoms with Crippen molar-refractivity contribution in [2.24, 2.45) is 10.8 Å². The lowest BCUT2D eigenvalue weighted by atomic mass is 9.61. The van der Waals surface area contributed by atoms with Crippen molar-refractivity contribution in [3.63, 3.8) is 0 Å². The summed E-state index contributed by atoms with van der Waals surface area (Å²) in [5.41, 5.74) is 1.72. The number of amides is 1. The van der Waals surface area contributed by atoms with E-state index < -0.39 is 18.9 Å². The second-order valence-corrected chi connectivity index (χ2v) is 12.6. The largest absolute Gasteiger partial charge is 0.332 e. The molecule has 1 saturated heterocycles. The highest BCUT2D eigenvalue weighted by Crippen LogP contribution is 2.51. The molecule has 5 rings (SSSR count). The van der Waals surface area contributed by atoms with Crippen molar-refractivity contribution >= 4 is 36.1 Å². The molecular weight excluding hydrogens is 505 g/mol. The molecule has 1 aromatic carbocycles. The fourth-order valence-electron chi connectivity index (χ4n) is 6.10. The van der Waals surface area contributed by atoms with Gasteiger partial charge in [0.05, 0.1) is 47.2 Å². The van der Waals surface area contributed by atoms with E-state index in [4.69, 9.17) is 4.52 Å². The molecule has 1 spiro atoms. The van der Waals surface area contributed by atoms with Gasteiger partial charge in [-0.2, -0.15) is 5.26 Å². The summed E-state index contributed by atoms with van der Waals surface area (Å²) in [6, 6.07) is 10.8. The Balaban J connectivity index is 1.35. The summed E-state index contributed by atoms with van der Waals surface area (Å²) in [6.45, 7) is 4.80. The molecule has 10 nitrogen and oxygen atoms in total. The van der Waals surface area contributed by atoms with Crippen molar-refractivity contribution in [3.05, 3.63) is 54.0 Å². The Kier molecular flexibility index (Phi) is 6.72. The fourth-order valence-corrected chi connectivity index (χ4v) is 7.25. The monoisotopic (exact) mass is 535 g/mol. The number of nitriles is 1. The lowest BCUT2D eigenvalue weighted by molar-refractivity contribution is -0.140. The van der Waals surface area contributed by atoms with Crippen LogP contribution in [0, 0.1) is 22.2 Å². The van der Waals surface area contributed by atoms with Crippen LogP contribution in [0.15, 0.2) is 42.9 Å². The number of imidazole rings is 1. The Morgan fingerprint density at radius 1 is 1.21 bits per heavy atom. The zero-order chi connectivity index (χ0) is 27.1. The van der Waals surface area contributed by atoms with Crippen molar-refractivity contribution < 1.29 is 23.6 Å². The molecule has 2 fully saturated rings. The number of rotatable bonds is 7. The van der Waals surface area contributed by atoms with E-state index in [2.05, 4.69) is 23.0 Å². The van der Waals surface area contributed by atoms with Crippen LogP contribution < -0.4 is 4.90 Å². The van der Waals surface area contributed by atoms with Crippen LogP contribution >= 0.6 is 7.60 Å². The standard InChI is InChI=1S/C27H30N5O5P/c1-3-37-38(35,36)14-20-6-8-23(29-13-20)32-17-27(24(33)25(32)34)10-4-9-26(2,15-27)16-31-18-30-21-7-5-19(12-28)11-22(21)31/h5-8,11,13,18H,3-4,9-10,14-17H2,1-2H3,(H,35,36)/t26-,27-/m0/s1. The van der Waals surface area contributed by atoms with Crippen LogP contribution in [0.4, 0.5) is 5.82 Å². The van der Waals surface area contributed by atoms with Crippen LogP contribution in [0.5, 0.6) is 0 Å². The first-order valence-electron chi connectivity index (χ1n) is 12.7. The van der Waals surface area contributed by atoms with Gasteiger partial charge < -0.3 is 14.0 Å². The zero-order valence-electron chi connectivity index (χ0n) is 21.5. The van der Waals surface area contributed by atoms with Gasteiger partial charge in [0.1, 0.15) is 5.82 Å². The van der Waals surface area contributed by atoms with E-state index in [0.29, 0.717) is 36.3 Å². The molecule has 0 bridgehead atoms. The maximum Gasteiger partial charge on any atom is 0.332 e. The highest BCUT2D eigenvalue weighted by Gasteiger charge is 2.56. The lowest BCUT2D eigenvalue weighted by Gasteiger charge is -2.43. The molecule has 2 aromatic heterocycles. The van der Waals surface area contributed by atoms with Gasteiger partial charge in [-0.25, -0.2) is 9.97 Å². The second kappa shape index (κ2) is 9.73. The minimum absolute atomic E-state index is 0.128. The maximum absolute atomic E-state index is 13.4. The van der Waals surface area contributed by atoms with E-state index in [9.17, 15) is 24.3 Å². The molecule has 3 heterocycles. The number of benzene rings is 1. The Bertz CT molecular complexity index is 1500. The summed E-state index contributed by atoms with van der Waals surface area (Å²) < 4.78 is 19.0. The molecule has 38 heavy (non-hydrogen) atoms. The third kappa shape index (κ3) is 4.90. The predicted molar refractivity (Wildman–Crippen MR) is 140 cm³/mol. The van der Waals surface area contributed by atoms with E-state index in [0.717, 1.165) is 23.9 Å². The van der Waals surface area contributed by atoms with E-state index in [1.807, 2.05) is 16.7 Å². The second-order valence-electron chi connectivity index (χ2n) is 10.8. The number of ketones is 1. The highest BCUT2D eigenvalue weighted by atomic mass is 31.2. The van der Waals surface area contributed by atoms with Crippen LogP contribution in [0.2, 0.25) is 0 Å². The molecule has 0 radical (unpaired) electrons. The Labute approximate surface area is 220 Å². The van der Waals surface area contributed by atoms with Gasteiger partial charge in [0, 0.05) is 19.3 Å². The van der Waals surface area contributed by atoms with E-state index in [-0.39, 0.29) is 30.5 Å². The van der Waals surface area contributed by atoms with Gasteiger partial charge in [-0.15, -0.1) is 0 Å². The van der Waals surface area contributed by atoms with Crippen molar-refractivity contribution in [1.29, 1.82) is 5.26 Å². The minimum atomic E-state index is -3.76. The van der Waals surface area contributed by atoms with Crippen LogP contribution in [-0.4, -0.2) is 44.3 Å². The molecule has 2 aliphatic rings. The number of pyridine rings is 1. The van der Waals surface area contributed by atoms with Crippen LogP contribution in [0.25, 0.3) is 11.0 Å². The van der Waals surface area contributed by atoms with Crippen LogP contribution in [-0.2, 0) is 31.4 Å². The van der Waals surface area contributed by atoms with Crippen molar-refractivity contribution in [2.75, 3.05) is 18.1 Å². The van der Waals surface area contributed by atoms with Gasteiger partial charge in [-0.3, -0.25) is 19.1 Å². The number of Topliss-reactive ketones (excluding diaryl/α,β-unsaturated/α-hetero) is 1. The number of aromatic nitrogens is 3. The molecule has 1 saturated carbocycles. The van der Waals surface area contributed by atoms with Gasteiger partial charge in [0.15, 0.2) is 0 Å². The average Bonchev–Trinajstić information content (AvgIpc) is 3.37. The summed E-state index contributed by atoms with van der Waals surface area (Å²) in [7, 11) is -3.76. The van der Waals surface area contributed by atoms with E-state index >= 15 is 0 Å². The minimum Gasteiger partial charge on any atom is -0.330 e. The van der Waals surface area contributed by atoms with Gasteiger partial charge in [0.2, 0.25) is 5.78 Å². The quantitative estimate of drug-likeness (QED) is 0.351. The van der Waals surface area contributed by atoms with Crippen LogP contribution in [0.3, 0.4) is 0 Å². The number of carbonyl (C=O) groups excluding carboxylic acids is 2. The van der Waals surface area contributed by atoms with Crippen molar-refractivity contribution in [1.82, 2.24) is 14.5 Å². The molecular formula is C27H30N5O5P. The summed E-state index contributed by atoms with van der Waals surface area (Å²) in [5, 5.41) is 9.31. The maximum atomic E-state index is 13.4. The van der Waals surface area contributed by atoms with Crippen molar-refractivity contribution in [2.45, 2.75) is 52.2 Å². The number of nitrogens with zero attached hydrogens (tertiary/aromatic N) is 5. The number of hydrogen-bond acceptors (Lipinski definition) is 7. The Morgan fingerprint density at radius 2 is 2.03 bits per heavy atom. The number of fused-ring (bicyclic) bond motifs is 1. The number of carbonyl (C=O) groups is 2. The highest BCUT2D eigenvalue weighted by molar-refractivity contribution is 7.51. The summed E-state index contributed by atoms with van der Waals surface area (Å²) >= 11 is 0. The average molecular weight is 536 g/mol. The Hall–Kier alpha value is -3.38. The molecule has 3 atom stereocenters. The number of anilines is 1. The van der Waals surface area contributed by atoms with Gasteiger partial charge in [0.25, 0.3) is 5.91 Å². The first kappa shape index (κ1) is 26.2. The van der Waals surface area contributed by atoms with Gasteiger partial charge in [-0.1, -0.05) is 19.4 Å². The smallest absolute Gasteiger partial charge is 0.330 e. The van der Waals surface area contributed by atoms with Gasteiger partial charge >= 0.3 is 7.60 Å². The summed E-state index contributed by atoms with van der Waals surface area (Å²) in [5.74, 6) is -0.596. The lowest BCUT2D eigenvalue weighted by Crippen LogP contribution is -2.42. The zero-order valence-corrected chi connectivity index (χ0v) is 22.4. The normalized spacial score (nSPS) is 25.2. The first-order chi connectivity index (χ1) is 18.1. The molecule has 1 aliphatic heterocycles. The molecule has 11 heteroatoms. The molecule has 3 aromatic rings. The SMILES string of the molecule is CCOP(=O)(O)Cc1ccc(N2C[C@@]3(CCC[C@](C)(Cn4cnc5ccc(C#N)cc54)C3)C(=O)C2=O)nc1. The van der Waals surface area contributed by atoms with Crippen LogP contribution in [0.1, 0.15) is 50.7 Å². The number of hydrogen-bond donors (Lipinski definition) is 1. The fraction of sp³-hybridized carbons (Fsp3) is 0.444. The summed E-state index contributed by atoms with van der Waals surface area (Å²) in [6.07, 6.45) is 5.95. The molecule has 198 valence electrons. The van der Waals surface area contributed by atoms with E-state index in [1.54, 1.807) is 31.5 Å².